The van der Waals surface area contributed by atoms with E-state index >= 15 is 0 Å². The van der Waals surface area contributed by atoms with Crippen molar-refractivity contribution in [2.45, 2.75) is 101 Å². The molecule has 0 aliphatic carbocycles. The Morgan fingerprint density at radius 1 is 0.703 bits per heavy atom. The van der Waals surface area contributed by atoms with Crippen molar-refractivity contribution in [1.29, 1.82) is 0 Å². The summed E-state index contributed by atoms with van der Waals surface area (Å²) in [5, 5.41) is 35.0. The van der Waals surface area contributed by atoms with Gasteiger partial charge in [-0.25, -0.2) is 9.59 Å². The van der Waals surface area contributed by atoms with E-state index in [0.29, 0.717) is 90.7 Å². The summed E-state index contributed by atoms with van der Waals surface area (Å²) in [4.78, 5) is 28.9. The van der Waals surface area contributed by atoms with Crippen LogP contribution in [0.5, 0.6) is 0 Å². The van der Waals surface area contributed by atoms with Gasteiger partial charge in [0.15, 0.2) is 0 Å². The summed E-state index contributed by atoms with van der Waals surface area (Å²) in [6.07, 6.45) is -3.34. The summed E-state index contributed by atoms with van der Waals surface area (Å²) in [5.41, 5.74) is 1.13. The maximum atomic E-state index is 15.0. The van der Waals surface area contributed by atoms with Crippen LogP contribution in [0.3, 0.4) is 0 Å². The minimum absolute atomic E-state index is 0.0649. The Hall–Kier alpha value is -6.60. The second-order valence-corrected chi connectivity index (χ2v) is 20.4. The highest BCUT2D eigenvalue weighted by atomic mass is 19.4. The van der Waals surface area contributed by atoms with Crippen molar-refractivity contribution in [3.63, 3.8) is 0 Å². The molecule has 7 atom stereocenters. The number of nitrogens with one attached hydrogen (secondary N) is 2. The summed E-state index contributed by atoms with van der Waals surface area (Å²) in [5.74, 6) is -2.28. The van der Waals surface area contributed by atoms with E-state index < -0.39 is 76.6 Å². The van der Waals surface area contributed by atoms with Crippen LogP contribution in [0.1, 0.15) is 116 Å². The SMILES string of the molecule is CC[C@]12C=C(C(=O)OC)c3c(CC4Nc5ccc(C(F)(F)F)cc5C(Nc5ccc(C(F)(F)F)cc5)C4c4c5n(c6ccccc46)[C@H]4N(O)CCC[C@@]4(CC)C=C5C(=O)OC)c4ccccc4n3[C@H]1N(O)CCC2. The number of alkyl halides is 6. The molecule has 0 radical (unpaired) electrons. The molecule has 5 aliphatic rings. The van der Waals surface area contributed by atoms with Gasteiger partial charge in [0, 0.05) is 58.0 Å². The highest BCUT2D eigenvalue weighted by Crippen LogP contribution is 2.59. The predicted molar refractivity (Wildman–Crippen MR) is 266 cm³/mol. The molecule has 0 saturated carbocycles. The molecule has 18 heteroatoms. The van der Waals surface area contributed by atoms with Gasteiger partial charge in [0.25, 0.3) is 0 Å². The highest BCUT2D eigenvalue weighted by molar-refractivity contribution is 6.19. The van der Waals surface area contributed by atoms with Crippen molar-refractivity contribution in [3.8, 4) is 0 Å². The highest BCUT2D eigenvalue weighted by Gasteiger charge is 2.54. The number of hydrogen-bond donors (Lipinski definition) is 4. The van der Waals surface area contributed by atoms with Crippen molar-refractivity contribution in [2.75, 3.05) is 37.9 Å². The fourth-order valence-electron chi connectivity index (χ4n) is 13.4. The van der Waals surface area contributed by atoms with Gasteiger partial charge in [-0.1, -0.05) is 62.4 Å². The Kier molecular flexibility index (Phi) is 12.1. The molecule has 5 aliphatic heterocycles. The monoisotopic (exact) mass is 1020 g/mol. The average Bonchev–Trinajstić information content (AvgIpc) is 3.90. The number of carbonyl (C=O) groups excluding carboxylic acids is 2. The molecular formula is C56H56F6N6O6. The van der Waals surface area contributed by atoms with Crippen LogP contribution < -0.4 is 10.6 Å². The molecular weight excluding hydrogens is 967 g/mol. The van der Waals surface area contributed by atoms with E-state index in [0.717, 1.165) is 35.2 Å². The van der Waals surface area contributed by atoms with E-state index in [1.165, 1.54) is 42.5 Å². The first-order chi connectivity index (χ1) is 35.4. The average molecular weight is 1020 g/mol. The Morgan fingerprint density at radius 3 is 1.77 bits per heavy atom. The number of para-hydroxylation sites is 2. The van der Waals surface area contributed by atoms with Gasteiger partial charge in [0.1, 0.15) is 12.3 Å². The number of ether oxygens (including phenoxy) is 2. The fourth-order valence-corrected chi connectivity index (χ4v) is 13.4. The minimum atomic E-state index is -4.80. The van der Waals surface area contributed by atoms with Crippen molar-refractivity contribution >= 4 is 56.3 Å². The zero-order valence-electron chi connectivity index (χ0n) is 41.1. The van der Waals surface area contributed by atoms with Crippen LogP contribution in [0.2, 0.25) is 0 Å². The number of aromatic nitrogens is 2. The number of benzene rings is 4. The Labute approximate surface area is 422 Å². The lowest BCUT2D eigenvalue weighted by Crippen LogP contribution is -2.49. The first-order valence-electron chi connectivity index (χ1n) is 25.1. The first kappa shape index (κ1) is 49.6. The number of hydroxylamine groups is 4. The third kappa shape index (κ3) is 7.64. The lowest BCUT2D eigenvalue weighted by molar-refractivity contribution is -0.203. The van der Waals surface area contributed by atoms with E-state index in [4.69, 9.17) is 9.47 Å². The number of fused-ring (bicyclic) bond motifs is 11. The van der Waals surface area contributed by atoms with E-state index in [1.54, 1.807) is 0 Å². The number of piperidine rings is 2. The smallest absolute Gasteiger partial charge is 0.416 e. The Bertz CT molecular complexity index is 3290. The van der Waals surface area contributed by atoms with Crippen molar-refractivity contribution in [1.82, 2.24) is 19.3 Å². The van der Waals surface area contributed by atoms with Crippen molar-refractivity contribution in [2.24, 2.45) is 10.8 Å². The lowest BCUT2D eigenvalue weighted by atomic mass is 9.69. The normalized spacial score (nSPS) is 25.9. The van der Waals surface area contributed by atoms with Crippen LogP contribution in [0.4, 0.5) is 37.7 Å². The summed E-state index contributed by atoms with van der Waals surface area (Å²) >= 11 is 0. The number of methoxy groups -OCH3 is 2. The number of nitrogens with zero attached hydrogens (tertiary/aromatic N) is 4. The second-order valence-electron chi connectivity index (χ2n) is 20.4. The van der Waals surface area contributed by atoms with Crippen LogP contribution in [0.15, 0.2) is 103 Å². The van der Waals surface area contributed by atoms with Gasteiger partial charge in [-0.05, 0) is 116 Å². The largest absolute Gasteiger partial charge is 0.465 e. The number of anilines is 2. The summed E-state index contributed by atoms with van der Waals surface area (Å²) in [7, 11) is 2.58. The molecule has 388 valence electrons. The third-order valence-corrected chi connectivity index (χ3v) is 16.7. The lowest BCUT2D eigenvalue weighted by Gasteiger charge is -2.50. The molecule has 2 fully saturated rings. The van der Waals surface area contributed by atoms with Gasteiger partial charge >= 0.3 is 24.3 Å². The molecule has 2 saturated heterocycles. The molecule has 74 heavy (non-hydrogen) atoms. The van der Waals surface area contributed by atoms with Crippen molar-refractivity contribution < 1.29 is 55.8 Å². The van der Waals surface area contributed by atoms with Crippen LogP contribution >= 0.6 is 0 Å². The number of rotatable bonds is 9. The maximum Gasteiger partial charge on any atom is 0.416 e. The fraction of sp³-hybridized carbons (Fsp3) is 0.393. The molecule has 0 amide bonds. The molecule has 0 spiro atoms. The molecule has 4 N–H and O–H groups in total. The molecule has 3 unspecified atom stereocenters. The van der Waals surface area contributed by atoms with Crippen molar-refractivity contribution in [3.05, 3.63) is 142 Å². The number of hydrogen-bond acceptors (Lipinski definition) is 10. The van der Waals surface area contributed by atoms with Gasteiger partial charge in [-0.15, -0.1) is 0 Å². The number of esters is 2. The van der Waals surface area contributed by atoms with E-state index in [1.807, 2.05) is 83.7 Å². The van der Waals surface area contributed by atoms with E-state index in [2.05, 4.69) is 10.6 Å². The molecule has 4 aromatic carbocycles. The molecule has 6 aromatic rings. The molecule has 7 heterocycles. The van der Waals surface area contributed by atoms with Gasteiger partial charge in [-0.2, -0.15) is 36.5 Å². The van der Waals surface area contributed by atoms with Gasteiger partial charge in [0.05, 0.1) is 65.0 Å². The first-order valence-corrected chi connectivity index (χ1v) is 25.1. The third-order valence-electron chi connectivity index (χ3n) is 16.7. The summed E-state index contributed by atoms with van der Waals surface area (Å²) in [6, 6.07) is 20.7. The van der Waals surface area contributed by atoms with E-state index in [-0.39, 0.29) is 28.8 Å². The van der Waals surface area contributed by atoms with Crippen LogP contribution in [0.25, 0.3) is 33.0 Å². The van der Waals surface area contributed by atoms with E-state index in [9.17, 15) is 46.3 Å². The standard InChI is InChI=1S/C56H56F6N6O6/c1-5-53-23-11-25-65(71)51(53)67-42-15-9-7-13-34(42)36(47(67)38(29-53)49(69)73-3)28-41-45(46(63-33-20-17-31(18-21-33)55(57,58)59)37-27-32(56(60,61)62)19-22-40(37)64-41)44-35-14-8-10-16-43(35)68-48(44)39(50(70)74-4)30-54(6-2)24-12-26-66(72)52(54)68/h7-10,13-22,27,29-30,41,45-46,51-52,63-64,71-72H,5-6,11-12,23-26,28H2,1-4H3/t41?,45?,46?,51-,52-,53+,54+/m1/s1. The Morgan fingerprint density at radius 2 is 1.22 bits per heavy atom. The zero-order valence-corrected chi connectivity index (χ0v) is 41.1. The van der Waals surface area contributed by atoms with Crippen LogP contribution in [0, 0.1) is 10.8 Å². The minimum Gasteiger partial charge on any atom is -0.465 e. The number of carbonyl (C=O) groups is 2. The topological polar surface area (TPSA) is 133 Å². The zero-order chi connectivity index (χ0) is 52.2. The summed E-state index contributed by atoms with van der Waals surface area (Å²) < 4.78 is 102. The molecule has 11 rings (SSSR count). The molecule has 2 aromatic heterocycles. The molecule has 0 bridgehead atoms. The van der Waals surface area contributed by atoms with Gasteiger partial charge in [-0.3, -0.25) is 0 Å². The molecule has 12 nitrogen and oxygen atoms in total. The van der Waals surface area contributed by atoms with Gasteiger partial charge in [0.2, 0.25) is 0 Å². The van der Waals surface area contributed by atoms with Crippen LogP contribution in [-0.4, -0.2) is 75.0 Å². The Balaban J connectivity index is 1.23. The number of halogens is 6. The predicted octanol–water partition coefficient (Wildman–Crippen LogP) is 12.5. The second kappa shape index (κ2) is 18.1. The van der Waals surface area contributed by atoms with Crippen LogP contribution in [-0.2, 0) is 37.8 Å². The quantitative estimate of drug-likeness (QED) is 0.0819. The summed E-state index contributed by atoms with van der Waals surface area (Å²) in [6.45, 7) is 4.68. The van der Waals surface area contributed by atoms with Gasteiger partial charge < -0.3 is 39.7 Å². The maximum absolute atomic E-state index is 15.0.